The summed E-state index contributed by atoms with van der Waals surface area (Å²) in [4.78, 5) is 29.3. The first-order chi connectivity index (χ1) is 15.9. The van der Waals surface area contributed by atoms with Gasteiger partial charge in [0.25, 0.3) is 5.91 Å². The molecule has 170 valence electrons. The number of pyridine rings is 3. The molecule has 33 heavy (non-hydrogen) atoms. The Bertz CT molecular complexity index is 1340. The normalized spacial score (nSPS) is 18.6. The van der Waals surface area contributed by atoms with Gasteiger partial charge in [0.2, 0.25) is 0 Å². The summed E-state index contributed by atoms with van der Waals surface area (Å²) in [5.74, 6) is 1.16. The van der Waals surface area contributed by atoms with Gasteiger partial charge in [-0.3, -0.25) is 9.78 Å². The van der Waals surface area contributed by atoms with E-state index >= 15 is 0 Å². The number of piperazine rings is 1. The summed E-state index contributed by atoms with van der Waals surface area (Å²) in [6.45, 7) is 7.93. The van der Waals surface area contributed by atoms with E-state index in [0.29, 0.717) is 40.2 Å². The number of nitrogens with one attached hydrogen (secondary N) is 2. The molecule has 5 heterocycles. The number of ether oxygens (including phenoxy) is 1. The second-order valence-electron chi connectivity index (χ2n) is 8.63. The van der Waals surface area contributed by atoms with Crippen molar-refractivity contribution in [2.24, 2.45) is 0 Å². The Labute approximate surface area is 191 Å². The summed E-state index contributed by atoms with van der Waals surface area (Å²) in [5, 5.41) is 7.38. The lowest BCUT2D eigenvalue weighted by Gasteiger charge is -2.37. The van der Waals surface area contributed by atoms with E-state index in [1.807, 2.05) is 35.9 Å². The zero-order chi connectivity index (χ0) is 23.1. The third-order valence-corrected chi connectivity index (χ3v) is 5.84. The van der Waals surface area contributed by atoms with Crippen molar-refractivity contribution in [1.29, 1.82) is 0 Å². The first-order valence-electron chi connectivity index (χ1n) is 11.0. The number of amides is 1. The highest BCUT2D eigenvalue weighted by molar-refractivity contribution is 6.13. The number of anilines is 2. The molecule has 0 saturated carbocycles. The van der Waals surface area contributed by atoms with E-state index in [1.54, 1.807) is 25.6 Å². The van der Waals surface area contributed by atoms with E-state index in [-0.39, 0.29) is 5.91 Å². The zero-order valence-electron chi connectivity index (χ0n) is 19.2. The minimum atomic E-state index is -0.280. The van der Waals surface area contributed by atoms with Crippen LogP contribution >= 0.6 is 0 Å². The third kappa shape index (κ3) is 3.95. The van der Waals surface area contributed by atoms with Gasteiger partial charge in [0.1, 0.15) is 5.82 Å². The Morgan fingerprint density at radius 1 is 1.21 bits per heavy atom. The van der Waals surface area contributed by atoms with Crippen LogP contribution in [0.1, 0.15) is 29.9 Å². The monoisotopic (exact) mass is 445 g/mol. The van der Waals surface area contributed by atoms with Crippen LogP contribution < -0.4 is 20.3 Å². The van der Waals surface area contributed by atoms with E-state index in [9.17, 15) is 4.79 Å². The summed E-state index contributed by atoms with van der Waals surface area (Å²) in [6.07, 6.45) is 7.02. The quantitative estimate of drug-likeness (QED) is 0.498. The van der Waals surface area contributed by atoms with E-state index in [0.717, 1.165) is 30.0 Å². The fraction of sp³-hybridized carbons (Fsp3) is 0.333. The Morgan fingerprint density at radius 2 is 2.00 bits per heavy atom. The number of fused-ring (bicyclic) bond motifs is 2. The molecular weight excluding hydrogens is 418 g/mol. The molecule has 4 aromatic heterocycles. The van der Waals surface area contributed by atoms with Gasteiger partial charge in [0, 0.05) is 61.4 Å². The first-order valence-corrected chi connectivity index (χ1v) is 11.0. The molecule has 0 spiro atoms. The van der Waals surface area contributed by atoms with Crippen LogP contribution in [0.5, 0.6) is 5.75 Å². The highest BCUT2D eigenvalue weighted by Crippen LogP contribution is 2.29. The highest BCUT2D eigenvalue weighted by Gasteiger charge is 2.25. The maximum atomic E-state index is 13.3. The molecule has 1 amide bonds. The number of imidazole rings is 1. The minimum Gasteiger partial charge on any atom is -0.493 e. The predicted octanol–water partition coefficient (Wildman–Crippen LogP) is 3.03. The topological polar surface area (TPSA) is 96.7 Å². The van der Waals surface area contributed by atoms with Crippen LogP contribution in [0.15, 0.2) is 43.0 Å². The summed E-state index contributed by atoms with van der Waals surface area (Å²) in [6, 6.07) is 6.32. The van der Waals surface area contributed by atoms with Crippen LogP contribution in [-0.4, -0.2) is 57.5 Å². The largest absolute Gasteiger partial charge is 0.493 e. The molecule has 9 heteroatoms. The number of hydrogen-bond donors (Lipinski definition) is 2. The summed E-state index contributed by atoms with van der Waals surface area (Å²) >= 11 is 0. The van der Waals surface area contributed by atoms with Crippen LogP contribution in [-0.2, 0) is 0 Å². The summed E-state index contributed by atoms with van der Waals surface area (Å²) < 4.78 is 7.31. The Kier molecular flexibility index (Phi) is 5.33. The van der Waals surface area contributed by atoms with Crippen molar-refractivity contribution in [2.75, 3.05) is 30.4 Å². The van der Waals surface area contributed by atoms with Crippen molar-refractivity contribution in [3.63, 3.8) is 0 Å². The standard InChI is InChI=1S/C24H27N7O2/c1-14-10-30(11-15(2)27-14)22-18-6-5-7-25-21(18)19(9-26-22)24(32)29-17-8-20(33-4)23-28-16(3)12-31(23)13-17/h5-9,12-15,27H,10-11H2,1-4H3,(H,29,32)/t14-,15-/m0/s1. The van der Waals surface area contributed by atoms with Crippen molar-refractivity contribution >= 4 is 34.0 Å². The molecule has 1 fully saturated rings. The number of hydrogen-bond acceptors (Lipinski definition) is 7. The molecule has 1 saturated heterocycles. The van der Waals surface area contributed by atoms with Gasteiger partial charge in [-0.2, -0.15) is 0 Å². The van der Waals surface area contributed by atoms with Gasteiger partial charge in [-0.05, 0) is 32.9 Å². The number of nitrogens with zero attached hydrogens (tertiary/aromatic N) is 5. The number of rotatable bonds is 4. The predicted molar refractivity (Wildman–Crippen MR) is 128 cm³/mol. The number of methoxy groups -OCH3 is 1. The molecule has 5 rings (SSSR count). The maximum absolute atomic E-state index is 13.3. The van der Waals surface area contributed by atoms with E-state index in [1.165, 1.54) is 0 Å². The highest BCUT2D eigenvalue weighted by atomic mass is 16.5. The van der Waals surface area contributed by atoms with Gasteiger partial charge in [0.05, 0.1) is 29.6 Å². The van der Waals surface area contributed by atoms with Crippen molar-refractivity contribution in [2.45, 2.75) is 32.9 Å². The molecule has 0 bridgehead atoms. The van der Waals surface area contributed by atoms with Gasteiger partial charge in [-0.15, -0.1) is 0 Å². The van der Waals surface area contributed by atoms with Crippen molar-refractivity contribution in [3.05, 3.63) is 54.2 Å². The van der Waals surface area contributed by atoms with Gasteiger partial charge < -0.3 is 24.7 Å². The van der Waals surface area contributed by atoms with Crippen LogP contribution in [0.25, 0.3) is 16.6 Å². The molecule has 0 aliphatic carbocycles. The van der Waals surface area contributed by atoms with Crippen LogP contribution in [0.3, 0.4) is 0 Å². The van der Waals surface area contributed by atoms with E-state index in [2.05, 4.69) is 39.3 Å². The number of carbonyl (C=O) groups excluding carboxylic acids is 1. The second kappa shape index (κ2) is 8.32. The Balaban J connectivity index is 1.50. The number of carbonyl (C=O) groups is 1. The van der Waals surface area contributed by atoms with Crippen molar-refractivity contribution in [1.82, 2.24) is 24.7 Å². The number of aromatic nitrogens is 4. The molecule has 9 nitrogen and oxygen atoms in total. The van der Waals surface area contributed by atoms with Crippen molar-refractivity contribution in [3.8, 4) is 5.75 Å². The smallest absolute Gasteiger partial charge is 0.259 e. The molecular formula is C24H27N7O2. The molecule has 1 aliphatic heterocycles. The van der Waals surface area contributed by atoms with Gasteiger partial charge in [-0.1, -0.05) is 0 Å². The van der Waals surface area contributed by atoms with E-state index in [4.69, 9.17) is 9.72 Å². The van der Waals surface area contributed by atoms with Gasteiger partial charge in [0.15, 0.2) is 11.4 Å². The van der Waals surface area contributed by atoms with Gasteiger partial charge in [-0.25, -0.2) is 9.97 Å². The number of aryl methyl sites for hydroxylation is 1. The lowest BCUT2D eigenvalue weighted by Crippen LogP contribution is -2.54. The molecule has 2 atom stereocenters. The average Bonchev–Trinajstić information content (AvgIpc) is 3.17. The molecule has 2 N–H and O–H groups in total. The Hall–Kier alpha value is -3.72. The minimum absolute atomic E-state index is 0.280. The second-order valence-corrected chi connectivity index (χ2v) is 8.63. The zero-order valence-corrected chi connectivity index (χ0v) is 19.2. The third-order valence-electron chi connectivity index (χ3n) is 5.84. The lowest BCUT2D eigenvalue weighted by molar-refractivity contribution is 0.102. The fourth-order valence-corrected chi connectivity index (χ4v) is 4.58. The molecule has 0 unspecified atom stereocenters. The molecule has 0 radical (unpaired) electrons. The average molecular weight is 446 g/mol. The lowest BCUT2D eigenvalue weighted by atomic mass is 10.1. The Morgan fingerprint density at radius 3 is 2.76 bits per heavy atom. The maximum Gasteiger partial charge on any atom is 0.259 e. The van der Waals surface area contributed by atoms with Crippen LogP contribution in [0, 0.1) is 6.92 Å². The van der Waals surface area contributed by atoms with Gasteiger partial charge >= 0.3 is 0 Å². The fourth-order valence-electron chi connectivity index (χ4n) is 4.58. The molecule has 1 aliphatic rings. The molecule has 0 aromatic carbocycles. The van der Waals surface area contributed by atoms with E-state index < -0.39 is 0 Å². The molecule has 4 aromatic rings. The van der Waals surface area contributed by atoms with Crippen LogP contribution in [0.2, 0.25) is 0 Å². The first kappa shape index (κ1) is 21.1. The summed E-state index contributed by atoms with van der Waals surface area (Å²) in [5.41, 5.74) is 3.21. The summed E-state index contributed by atoms with van der Waals surface area (Å²) in [7, 11) is 1.59. The van der Waals surface area contributed by atoms with Crippen molar-refractivity contribution < 1.29 is 9.53 Å². The van der Waals surface area contributed by atoms with Crippen LogP contribution in [0.4, 0.5) is 11.5 Å². The SMILES string of the molecule is COc1cc(NC(=O)c2cnc(N3C[C@H](C)N[C@@H](C)C3)c3cccnc23)cn2cc(C)nc12.